The molecule has 15 heteroatoms. The van der Waals surface area contributed by atoms with Crippen LogP contribution in [0.4, 0.5) is 19.0 Å². The molecular formula is C27H32ClF3N8O3. The summed E-state index contributed by atoms with van der Waals surface area (Å²) in [5.41, 5.74) is 4.61. The van der Waals surface area contributed by atoms with Gasteiger partial charge >= 0.3 is 6.18 Å². The van der Waals surface area contributed by atoms with E-state index in [2.05, 4.69) is 43.7 Å². The number of hydrogen-bond acceptors (Lipinski definition) is 9. The van der Waals surface area contributed by atoms with Crippen LogP contribution in [0.5, 0.6) is 0 Å². The second-order valence-electron chi connectivity index (χ2n) is 11.6. The Balaban J connectivity index is 1.06. The summed E-state index contributed by atoms with van der Waals surface area (Å²) < 4.78 is 46.9. The molecule has 1 aromatic carbocycles. The van der Waals surface area contributed by atoms with Crippen molar-refractivity contribution in [3.05, 3.63) is 41.2 Å². The van der Waals surface area contributed by atoms with E-state index >= 15 is 0 Å². The number of hydrogen-bond donors (Lipinski definition) is 4. The minimum absolute atomic E-state index is 0.138. The van der Waals surface area contributed by atoms with Crippen LogP contribution < -0.4 is 5.73 Å². The van der Waals surface area contributed by atoms with Crippen LogP contribution in [0.25, 0.3) is 22.2 Å². The van der Waals surface area contributed by atoms with E-state index < -0.39 is 29.7 Å². The number of imidazole rings is 2. The van der Waals surface area contributed by atoms with Crippen LogP contribution in [0, 0.1) is 5.92 Å². The molecule has 0 amide bonds. The Bertz CT molecular complexity index is 1600. The topological polar surface area (TPSA) is 151 Å². The zero-order valence-electron chi connectivity index (χ0n) is 23.0. The van der Waals surface area contributed by atoms with Crippen LogP contribution in [0.3, 0.4) is 0 Å². The van der Waals surface area contributed by atoms with Crippen molar-refractivity contribution in [2.45, 2.75) is 75.7 Å². The summed E-state index contributed by atoms with van der Waals surface area (Å²) >= 11 is 5.84. The van der Waals surface area contributed by atoms with Gasteiger partial charge in [0, 0.05) is 25.0 Å². The molecule has 0 radical (unpaired) electrons. The van der Waals surface area contributed by atoms with Gasteiger partial charge in [0.25, 0.3) is 0 Å². The van der Waals surface area contributed by atoms with Crippen LogP contribution in [0.2, 0.25) is 5.02 Å². The summed E-state index contributed by atoms with van der Waals surface area (Å²) in [5, 5.41) is 22.3. The highest BCUT2D eigenvalue weighted by Crippen LogP contribution is 2.39. The number of alkyl halides is 3. The molecule has 5 N–H and O–H groups in total. The molecule has 42 heavy (non-hydrogen) atoms. The molecule has 4 aromatic rings. The van der Waals surface area contributed by atoms with Crippen molar-refractivity contribution in [2.75, 3.05) is 18.9 Å². The highest BCUT2D eigenvalue weighted by atomic mass is 35.5. The molecule has 1 aliphatic heterocycles. The monoisotopic (exact) mass is 608 g/mol. The number of H-pyrrole nitrogens is 1. The summed E-state index contributed by atoms with van der Waals surface area (Å²) in [5.74, 6) is 1.23. The lowest BCUT2D eigenvalue weighted by Gasteiger charge is -2.46. The predicted octanol–water partition coefficient (Wildman–Crippen LogP) is 3.48. The maximum Gasteiger partial charge on any atom is 0.417 e. The van der Waals surface area contributed by atoms with Crippen molar-refractivity contribution in [3.63, 3.8) is 0 Å². The summed E-state index contributed by atoms with van der Waals surface area (Å²) in [6.07, 6.45) is -0.446. The molecule has 1 saturated heterocycles. The van der Waals surface area contributed by atoms with Gasteiger partial charge in [0.15, 0.2) is 17.2 Å². The van der Waals surface area contributed by atoms with Crippen LogP contribution in [-0.4, -0.2) is 82.0 Å². The van der Waals surface area contributed by atoms with E-state index in [1.165, 1.54) is 23.3 Å². The smallest absolute Gasteiger partial charge is 0.385 e. The minimum Gasteiger partial charge on any atom is -0.385 e. The van der Waals surface area contributed by atoms with Crippen molar-refractivity contribution in [2.24, 2.45) is 5.92 Å². The summed E-state index contributed by atoms with van der Waals surface area (Å²) in [7, 11) is 0. The molecule has 11 nitrogen and oxygen atoms in total. The SMILES string of the molecule is CC(C)N(C[C@H]1OC[C@@](O)(n2cnc3c(N)ncnc32)[C@@H]1O)[C@H]1C[C@@H](CCc2nc3cc(Cl)c(C(F)(F)F)cc3[nH]2)C1. The van der Waals surface area contributed by atoms with Crippen molar-refractivity contribution < 1.29 is 28.1 Å². The van der Waals surface area contributed by atoms with Gasteiger partial charge < -0.3 is 25.7 Å². The van der Waals surface area contributed by atoms with Crippen LogP contribution in [0.15, 0.2) is 24.8 Å². The first-order valence-corrected chi connectivity index (χ1v) is 14.2. The molecule has 226 valence electrons. The second-order valence-corrected chi connectivity index (χ2v) is 12.0. The maximum atomic E-state index is 13.2. The predicted molar refractivity (Wildman–Crippen MR) is 148 cm³/mol. The zero-order chi connectivity index (χ0) is 30.0. The fraction of sp³-hybridized carbons (Fsp3) is 0.556. The number of nitrogens with two attached hydrogens (primary N) is 1. The Hall–Kier alpha value is -3.04. The Labute approximate surface area is 243 Å². The van der Waals surface area contributed by atoms with Crippen LogP contribution in [0.1, 0.15) is 44.5 Å². The summed E-state index contributed by atoms with van der Waals surface area (Å²) in [4.78, 5) is 22.0. The standard InChI is InChI=1S/C27H32ClF3N8O3/c1-13(2)38(9-20-23(40)26(41,10-42-20)39-12-35-22-24(32)33-11-34-25(22)39)15-5-14(6-15)3-4-21-36-18-7-16(27(29,30)31)17(28)8-19(18)37-21/h7-8,11-15,20,23,40-41H,3-6,9-10H2,1-2H3,(H,36,37)(H2,32,33,34)/t14-,15+,20-,23-,26+/m1/s1. The number of ether oxygens (including phenoxy) is 1. The molecular weight excluding hydrogens is 577 g/mol. The molecule has 6 rings (SSSR count). The van der Waals surface area contributed by atoms with E-state index in [1.807, 2.05) is 0 Å². The molecule has 0 bridgehead atoms. The number of anilines is 1. The van der Waals surface area contributed by atoms with Gasteiger partial charge in [-0.05, 0) is 51.2 Å². The molecule has 2 fully saturated rings. The van der Waals surface area contributed by atoms with Crippen LogP contribution in [-0.2, 0) is 23.1 Å². The van der Waals surface area contributed by atoms with Gasteiger partial charge in [0.05, 0.1) is 34.6 Å². The third-order valence-corrected chi connectivity index (χ3v) is 8.88. The van der Waals surface area contributed by atoms with E-state index in [-0.39, 0.29) is 29.5 Å². The summed E-state index contributed by atoms with van der Waals surface area (Å²) in [6.45, 7) is 4.45. The van der Waals surface area contributed by atoms with E-state index in [0.717, 1.165) is 25.3 Å². The van der Waals surface area contributed by atoms with Crippen molar-refractivity contribution in [3.8, 4) is 0 Å². The van der Waals surface area contributed by atoms with Gasteiger partial charge in [-0.25, -0.2) is 19.9 Å². The zero-order valence-corrected chi connectivity index (χ0v) is 23.8. The lowest BCUT2D eigenvalue weighted by atomic mass is 9.76. The van der Waals surface area contributed by atoms with Crippen LogP contribution >= 0.6 is 11.6 Å². The third-order valence-electron chi connectivity index (χ3n) is 8.56. The first-order chi connectivity index (χ1) is 19.8. The van der Waals surface area contributed by atoms with E-state index in [1.54, 1.807) is 0 Å². The average molecular weight is 609 g/mol. The number of halogens is 4. The number of nitrogen functional groups attached to an aromatic ring is 1. The highest BCUT2D eigenvalue weighted by Gasteiger charge is 2.51. The van der Waals surface area contributed by atoms with Gasteiger partial charge in [0.2, 0.25) is 0 Å². The Morgan fingerprint density at radius 2 is 2.02 bits per heavy atom. The lowest BCUT2D eigenvalue weighted by molar-refractivity contribution is -0.137. The van der Waals surface area contributed by atoms with Crippen molar-refractivity contribution in [1.82, 2.24) is 34.4 Å². The molecule has 0 spiro atoms. The molecule has 2 aliphatic rings. The quantitative estimate of drug-likeness (QED) is 0.236. The fourth-order valence-corrected chi connectivity index (χ4v) is 6.43. The normalized spacial score (nSPS) is 26.6. The Kier molecular flexibility index (Phi) is 7.33. The van der Waals surface area contributed by atoms with Gasteiger partial charge in [-0.15, -0.1) is 0 Å². The molecule has 0 unspecified atom stereocenters. The number of rotatable bonds is 8. The first-order valence-electron chi connectivity index (χ1n) is 13.8. The molecule has 1 saturated carbocycles. The number of aliphatic hydroxyl groups excluding tert-OH is 1. The molecule has 1 aliphatic carbocycles. The minimum atomic E-state index is -4.53. The van der Waals surface area contributed by atoms with E-state index in [4.69, 9.17) is 22.1 Å². The molecule has 4 heterocycles. The highest BCUT2D eigenvalue weighted by molar-refractivity contribution is 6.32. The van der Waals surface area contributed by atoms with Gasteiger partial charge in [-0.2, -0.15) is 13.2 Å². The van der Waals surface area contributed by atoms with Gasteiger partial charge in [-0.1, -0.05) is 11.6 Å². The maximum absolute atomic E-state index is 13.2. The number of fused-ring (bicyclic) bond motifs is 2. The largest absolute Gasteiger partial charge is 0.417 e. The van der Waals surface area contributed by atoms with Crippen molar-refractivity contribution in [1.29, 1.82) is 0 Å². The summed E-state index contributed by atoms with van der Waals surface area (Å²) in [6, 6.07) is 2.70. The second kappa shape index (κ2) is 10.6. The van der Waals surface area contributed by atoms with Gasteiger partial charge in [0.1, 0.15) is 29.9 Å². The van der Waals surface area contributed by atoms with Crippen molar-refractivity contribution >= 4 is 39.6 Å². The number of benzene rings is 1. The fourth-order valence-electron chi connectivity index (χ4n) is 6.16. The first kappa shape index (κ1) is 29.1. The number of nitrogens with zero attached hydrogens (tertiary/aromatic N) is 6. The van der Waals surface area contributed by atoms with E-state index in [0.29, 0.717) is 46.9 Å². The number of aryl methyl sites for hydroxylation is 1. The number of nitrogens with one attached hydrogen (secondary N) is 1. The van der Waals surface area contributed by atoms with Gasteiger partial charge in [-0.3, -0.25) is 9.47 Å². The van der Waals surface area contributed by atoms with E-state index in [9.17, 15) is 23.4 Å². The number of aromatic amines is 1. The Morgan fingerprint density at radius 3 is 2.74 bits per heavy atom. The number of aliphatic hydroxyl groups is 2. The Morgan fingerprint density at radius 1 is 1.26 bits per heavy atom. The third kappa shape index (κ3) is 5.08. The molecule has 3 atom stereocenters. The molecule has 3 aromatic heterocycles. The average Bonchev–Trinajstić information content (AvgIpc) is 3.58. The lowest BCUT2D eigenvalue weighted by Crippen LogP contribution is -2.54. The number of aromatic nitrogens is 6.